The second kappa shape index (κ2) is 9.27. The molecular weight excluding hydrogens is 366 g/mol. The lowest BCUT2D eigenvalue weighted by Crippen LogP contribution is -2.45. The molecule has 1 aromatic carbocycles. The number of hydrogen-bond acceptors (Lipinski definition) is 4. The van der Waals surface area contributed by atoms with E-state index in [-0.39, 0.29) is 17.7 Å². The summed E-state index contributed by atoms with van der Waals surface area (Å²) >= 11 is 0. The molecule has 2 fully saturated rings. The van der Waals surface area contributed by atoms with Crippen molar-refractivity contribution in [2.75, 3.05) is 39.3 Å². The fraction of sp³-hybridized carbons (Fsp3) is 0.478. The van der Waals surface area contributed by atoms with Crippen molar-refractivity contribution in [2.24, 2.45) is 5.92 Å². The van der Waals surface area contributed by atoms with Crippen molar-refractivity contribution in [1.29, 1.82) is 0 Å². The summed E-state index contributed by atoms with van der Waals surface area (Å²) in [7, 11) is 0. The number of furan rings is 1. The molecule has 1 aromatic heterocycles. The number of nitrogens with zero attached hydrogens (tertiary/aromatic N) is 3. The smallest absolute Gasteiger partial charge is 0.253 e. The van der Waals surface area contributed by atoms with Gasteiger partial charge in [0.25, 0.3) is 5.91 Å². The minimum absolute atomic E-state index is 0.0337. The SMILES string of the molecule is O=C(c1ccccc1)N1CCC(C(=O)N2CCCN(Cc3ccco3)CC2)CC1. The van der Waals surface area contributed by atoms with E-state index in [0.717, 1.165) is 63.3 Å². The highest BCUT2D eigenvalue weighted by molar-refractivity contribution is 5.94. The first-order valence-electron chi connectivity index (χ1n) is 10.6. The maximum absolute atomic E-state index is 13.1. The van der Waals surface area contributed by atoms with Crippen molar-refractivity contribution in [1.82, 2.24) is 14.7 Å². The van der Waals surface area contributed by atoms with Crippen LogP contribution in [0, 0.1) is 5.92 Å². The molecule has 0 bridgehead atoms. The van der Waals surface area contributed by atoms with Gasteiger partial charge in [0.1, 0.15) is 5.76 Å². The Morgan fingerprint density at radius 2 is 1.66 bits per heavy atom. The zero-order valence-corrected chi connectivity index (χ0v) is 16.8. The molecular formula is C23H29N3O3. The molecule has 0 atom stereocenters. The number of likely N-dealkylation sites (tertiary alicyclic amines) is 1. The number of hydrogen-bond donors (Lipinski definition) is 0. The topological polar surface area (TPSA) is 57.0 Å². The van der Waals surface area contributed by atoms with E-state index in [1.165, 1.54) is 0 Å². The maximum atomic E-state index is 13.1. The molecule has 0 unspecified atom stereocenters. The fourth-order valence-corrected chi connectivity index (χ4v) is 4.32. The molecule has 154 valence electrons. The highest BCUT2D eigenvalue weighted by Crippen LogP contribution is 2.22. The van der Waals surface area contributed by atoms with Gasteiger partial charge in [-0.1, -0.05) is 18.2 Å². The van der Waals surface area contributed by atoms with Gasteiger partial charge in [-0.15, -0.1) is 0 Å². The van der Waals surface area contributed by atoms with Crippen molar-refractivity contribution in [3.63, 3.8) is 0 Å². The van der Waals surface area contributed by atoms with Gasteiger partial charge in [-0.25, -0.2) is 0 Å². The third-order valence-electron chi connectivity index (χ3n) is 6.01. The lowest BCUT2D eigenvalue weighted by atomic mass is 9.94. The van der Waals surface area contributed by atoms with Crippen molar-refractivity contribution < 1.29 is 14.0 Å². The number of rotatable bonds is 4. The minimum Gasteiger partial charge on any atom is -0.468 e. The Kier molecular flexibility index (Phi) is 6.30. The Hall–Kier alpha value is -2.60. The van der Waals surface area contributed by atoms with E-state index >= 15 is 0 Å². The van der Waals surface area contributed by atoms with Gasteiger partial charge in [0.15, 0.2) is 0 Å². The van der Waals surface area contributed by atoms with Crippen LogP contribution in [0.2, 0.25) is 0 Å². The van der Waals surface area contributed by atoms with Crippen molar-refractivity contribution >= 4 is 11.8 Å². The zero-order valence-electron chi connectivity index (χ0n) is 16.8. The second-order valence-corrected chi connectivity index (χ2v) is 7.97. The van der Waals surface area contributed by atoms with Crippen LogP contribution >= 0.6 is 0 Å². The lowest BCUT2D eigenvalue weighted by Gasteiger charge is -2.34. The normalized spacial score (nSPS) is 19.2. The van der Waals surface area contributed by atoms with Crippen molar-refractivity contribution in [2.45, 2.75) is 25.8 Å². The van der Waals surface area contributed by atoms with Gasteiger partial charge >= 0.3 is 0 Å². The molecule has 2 aromatic rings. The van der Waals surface area contributed by atoms with Crippen LogP contribution in [0.5, 0.6) is 0 Å². The monoisotopic (exact) mass is 395 g/mol. The van der Waals surface area contributed by atoms with E-state index in [1.54, 1.807) is 6.26 Å². The van der Waals surface area contributed by atoms with Gasteiger partial charge in [-0.05, 0) is 43.5 Å². The molecule has 6 heteroatoms. The summed E-state index contributed by atoms with van der Waals surface area (Å²) in [4.78, 5) is 31.9. The summed E-state index contributed by atoms with van der Waals surface area (Å²) < 4.78 is 5.45. The summed E-state index contributed by atoms with van der Waals surface area (Å²) in [6.45, 7) is 5.55. The number of carbonyl (C=O) groups is 2. The first-order valence-corrected chi connectivity index (χ1v) is 10.6. The third kappa shape index (κ3) is 4.88. The molecule has 3 heterocycles. The first kappa shape index (κ1) is 19.7. The van der Waals surface area contributed by atoms with Crippen molar-refractivity contribution in [3.05, 3.63) is 60.1 Å². The molecule has 2 amide bonds. The highest BCUT2D eigenvalue weighted by Gasteiger charge is 2.31. The molecule has 6 nitrogen and oxygen atoms in total. The quantitative estimate of drug-likeness (QED) is 0.799. The summed E-state index contributed by atoms with van der Waals surface area (Å²) in [6, 6.07) is 13.3. The number of carbonyl (C=O) groups excluding carboxylic acids is 2. The average molecular weight is 396 g/mol. The third-order valence-corrected chi connectivity index (χ3v) is 6.01. The second-order valence-electron chi connectivity index (χ2n) is 7.97. The molecule has 2 aliphatic rings. The largest absolute Gasteiger partial charge is 0.468 e. The van der Waals surface area contributed by atoms with Gasteiger partial charge in [0, 0.05) is 50.7 Å². The number of benzene rings is 1. The van der Waals surface area contributed by atoms with Crippen LogP contribution in [-0.4, -0.2) is 65.8 Å². The fourth-order valence-electron chi connectivity index (χ4n) is 4.32. The molecule has 0 spiro atoms. The van der Waals surface area contributed by atoms with Gasteiger partial charge < -0.3 is 14.2 Å². The number of piperidine rings is 1. The highest BCUT2D eigenvalue weighted by atomic mass is 16.3. The van der Waals surface area contributed by atoms with Crippen LogP contribution in [0.4, 0.5) is 0 Å². The van der Waals surface area contributed by atoms with E-state index < -0.39 is 0 Å². The molecule has 0 aliphatic carbocycles. The van der Waals surface area contributed by atoms with Gasteiger partial charge in [-0.2, -0.15) is 0 Å². The molecule has 2 aliphatic heterocycles. The van der Waals surface area contributed by atoms with E-state index in [1.807, 2.05) is 52.3 Å². The summed E-state index contributed by atoms with van der Waals surface area (Å²) in [5.41, 5.74) is 0.724. The predicted octanol–water partition coefficient (Wildman–Crippen LogP) is 2.87. The van der Waals surface area contributed by atoms with Crippen molar-refractivity contribution in [3.8, 4) is 0 Å². The van der Waals surface area contributed by atoms with E-state index in [9.17, 15) is 9.59 Å². The predicted molar refractivity (Wildman–Crippen MR) is 110 cm³/mol. The van der Waals surface area contributed by atoms with Gasteiger partial charge in [-0.3, -0.25) is 14.5 Å². The summed E-state index contributed by atoms with van der Waals surface area (Å²) in [5.74, 6) is 1.34. The lowest BCUT2D eigenvalue weighted by molar-refractivity contribution is -0.136. The van der Waals surface area contributed by atoms with Crippen LogP contribution in [0.1, 0.15) is 35.4 Å². The summed E-state index contributed by atoms with van der Waals surface area (Å²) in [6.07, 6.45) is 4.20. The van der Waals surface area contributed by atoms with Crippen LogP contribution in [-0.2, 0) is 11.3 Å². The molecule has 0 saturated carbocycles. The molecule has 4 rings (SSSR count). The molecule has 0 radical (unpaired) electrons. The Balaban J connectivity index is 1.26. The summed E-state index contributed by atoms with van der Waals surface area (Å²) in [5, 5.41) is 0. The van der Waals surface area contributed by atoms with E-state index in [4.69, 9.17) is 4.42 Å². The zero-order chi connectivity index (χ0) is 20.1. The van der Waals surface area contributed by atoms with Crippen LogP contribution in [0.25, 0.3) is 0 Å². The van der Waals surface area contributed by atoms with E-state index in [0.29, 0.717) is 13.1 Å². The average Bonchev–Trinajstić information content (AvgIpc) is 3.17. The standard InChI is InChI=1S/C23H29N3O3/c27-22(19-6-2-1-3-7-19)26-13-9-20(10-14-26)23(28)25-12-5-11-24(15-16-25)18-21-8-4-17-29-21/h1-4,6-8,17,20H,5,9-16,18H2. The Labute approximate surface area is 172 Å². The molecule has 0 N–H and O–H groups in total. The Morgan fingerprint density at radius 3 is 2.38 bits per heavy atom. The number of amides is 2. The first-order chi connectivity index (χ1) is 14.2. The van der Waals surface area contributed by atoms with E-state index in [2.05, 4.69) is 4.90 Å². The van der Waals surface area contributed by atoms with Crippen LogP contribution in [0.15, 0.2) is 53.1 Å². The molecule has 29 heavy (non-hydrogen) atoms. The minimum atomic E-state index is 0.0337. The van der Waals surface area contributed by atoms with Gasteiger partial charge in [0.05, 0.1) is 12.8 Å². The van der Waals surface area contributed by atoms with Crippen LogP contribution < -0.4 is 0 Å². The Bertz CT molecular complexity index is 798. The van der Waals surface area contributed by atoms with Crippen LogP contribution in [0.3, 0.4) is 0 Å². The maximum Gasteiger partial charge on any atom is 0.253 e. The van der Waals surface area contributed by atoms with Gasteiger partial charge in [0.2, 0.25) is 5.91 Å². The molecule has 2 saturated heterocycles. The Morgan fingerprint density at radius 1 is 0.862 bits per heavy atom.